The van der Waals surface area contributed by atoms with Crippen molar-refractivity contribution in [3.63, 3.8) is 0 Å². The van der Waals surface area contributed by atoms with Crippen LogP contribution in [0.1, 0.15) is 29.5 Å². The number of rotatable bonds is 6. The van der Waals surface area contributed by atoms with Gasteiger partial charge in [-0.1, -0.05) is 11.6 Å². The van der Waals surface area contributed by atoms with Gasteiger partial charge in [0.15, 0.2) is 11.4 Å². The molecule has 0 spiro atoms. The van der Waals surface area contributed by atoms with E-state index in [2.05, 4.69) is 4.98 Å². The van der Waals surface area contributed by atoms with Crippen LogP contribution < -0.4 is 5.56 Å². The zero-order valence-corrected chi connectivity index (χ0v) is 17.7. The number of imidazole rings is 1. The molecule has 0 aliphatic rings. The van der Waals surface area contributed by atoms with Gasteiger partial charge in [0, 0.05) is 47.6 Å². The zero-order chi connectivity index (χ0) is 23.0. The molecule has 4 rings (SSSR count). The summed E-state index contributed by atoms with van der Waals surface area (Å²) in [5, 5.41) is 1.62. The van der Waals surface area contributed by atoms with E-state index in [1.54, 1.807) is 6.07 Å². The monoisotopic (exact) mass is 466 g/mol. The van der Waals surface area contributed by atoms with Crippen LogP contribution in [0.3, 0.4) is 0 Å². The number of carbonyl (C=O) groups excluding carboxylic acids is 1. The molecule has 3 heterocycles. The molecule has 0 atom stereocenters. The highest BCUT2D eigenvalue weighted by atomic mass is 35.5. The Morgan fingerprint density at radius 2 is 1.88 bits per heavy atom. The summed E-state index contributed by atoms with van der Waals surface area (Å²) < 4.78 is 49.1. The van der Waals surface area contributed by atoms with E-state index in [-0.39, 0.29) is 13.2 Å². The molecule has 0 N–H and O–H groups in total. The fourth-order valence-corrected chi connectivity index (χ4v) is 3.80. The first-order valence-electron chi connectivity index (χ1n) is 9.81. The van der Waals surface area contributed by atoms with Crippen molar-refractivity contribution in [3.05, 3.63) is 69.6 Å². The Bertz CT molecular complexity index is 1370. The number of hydrogen-bond acceptors (Lipinski definition) is 4. The molecule has 0 saturated heterocycles. The van der Waals surface area contributed by atoms with Gasteiger partial charge in [-0.05, 0) is 37.6 Å². The van der Waals surface area contributed by atoms with Crippen LogP contribution in [-0.4, -0.2) is 31.1 Å². The second-order valence-corrected chi connectivity index (χ2v) is 7.52. The Hall–Kier alpha value is -3.27. The van der Waals surface area contributed by atoms with Crippen LogP contribution in [0.25, 0.3) is 16.6 Å². The van der Waals surface area contributed by atoms with Gasteiger partial charge in [0.05, 0.1) is 6.61 Å². The predicted molar refractivity (Wildman–Crippen MR) is 112 cm³/mol. The Labute approximate surface area is 184 Å². The number of halogens is 4. The van der Waals surface area contributed by atoms with Gasteiger partial charge in [-0.25, -0.2) is 9.78 Å². The molecule has 4 aromatic rings. The minimum absolute atomic E-state index is 0.110. The fraction of sp³-hybridized carbons (Fsp3) is 0.286. The van der Waals surface area contributed by atoms with Crippen molar-refractivity contribution < 1.29 is 22.7 Å². The summed E-state index contributed by atoms with van der Waals surface area (Å²) in [7, 11) is 0. The fourth-order valence-electron chi connectivity index (χ4n) is 3.62. The number of hydrogen-bond donors (Lipinski definition) is 0. The van der Waals surface area contributed by atoms with Gasteiger partial charge in [0.1, 0.15) is 0 Å². The van der Waals surface area contributed by atoms with Crippen LogP contribution in [0.15, 0.2) is 47.7 Å². The number of carbonyl (C=O) groups is 1. The first-order chi connectivity index (χ1) is 15.2. The molecular formula is C21H18ClF3N4O3. The highest BCUT2D eigenvalue weighted by Crippen LogP contribution is 2.31. The molecule has 1 aromatic carbocycles. The molecule has 32 heavy (non-hydrogen) atoms. The predicted octanol–water partition coefficient (Wildman–Crippen LogP) is 4.39. The number of aryl methyl sites for hydroxylation is 2. The van der Waals surface area contributed by atoms with E-state index in [0.717, 1.165) is 15.3 Å². The minimum atomic E-state index is -4.91. The number of esters is 1. The Morgan fingerprint density at radius 3 is 2.59 bits per heavy atom. The number of nitrogens with zero attached hydrogens (tertiary/aromatic N) is 4. The van der Waals surface area contributed by atoms with Crippen LogP contribution >= 0.6 is 11.6 Å². The largest absolute Gasteiger partial charge is 0.461 e. The third-order valence-corrected chi connectivity index (χ3v) is 5.26. The first-order valence-corrected chi connectivity index (χ1v) is 10.2. The van der Waals surface area contributed by atoms with Crippen LogP contribution in [-0.2, 0) is 24.0 Å². The Morgan fingerprint density at radius 1 is 1.12 bits per heavy atom. The standard InChI is InChI=1S/C21H18ClF3N4O3/c1-2-32-20(31)16-17(21(23,24)25)26-18-19(30)28(10-11-29(16)18)8-3-7-27-9-6-13-12-14(22)4-5-15(13)27/h4-6,9-12H,2-3,7-8H2,1H3. The van der Waals surface area contributed by atoms with Gasteiger partial charge in [-0.3, -0.25) is 9.20 Å². The van der Waals surface area contributed by atoms with E-state index in [1.165, 1.54) is 23.9 Å². The number of aromatic nitrogens is 4. The van der Waals surface area contributed by atoms with Crippen molar-refractivity contribution in [2.45, 2.75) is 32.6 Å². The van der Waals surface area contributed by atoms with Gasteiger partial charge >= 0.3 is 12.1 Å². The van der Waals surface area contributed by atoms with E-state index in [1.807, 2.05) is 29.0 Å². The van der Waals surface area contributed by atoms with Gasteiger partial charge in [-0.2, -0.15) is 13.2 Å². The molecule has 0 amide bonds. The first kappa shape index (κ1) is 21.9. The average molecular weight is 467 g/mol. The zero-order valence-electron chi connectivity index (χ0n) is 16.9. The second kappa shape index (κ2) is 8.34. The molecule has 0 aliphatic carbocycles. The van der Waals surface area contributed by atoms with E-state index in [9.17, 15) is 22.8 Å². The highest BCUT2D eigenvalue weighted by molar-refractivity contribution is 6.31. The summed E-state index contributed by atoms with van der Waals surface area (Å²) >= 11 is 6.00. The van der Waals surface area contributed by atoms with E-state index in [4.69, 9.17) is 16.3 Å². The molecule has 0 saturated carbocycles. The van der Waals surface area contributed by atoms with Crippen LogP contribution in [0.2, 0.25) is 5.02 Å². The second-order valence-electron chi connectivity index (χ2n) is 7.08. The maximum Gasteiger partial charge on any atom is 0.435 e. The summed E-state index contributed by atoms with van der Waals surface area (Å²) in [4.78, 5) is 28.3. The van der Waals surface area contributed by atoms with Gasteiger partial charge in [-0.15, -0.1) is 0 Å². The molecule has 3 aromatic heterocycles. The summed E-state index contributed by atoms with van der Waals surface area (Å²) in [5.74, 6) is -1.19. The minimum Gasteiger partial charge on any atom is -0.461 e. The Kier molecular flexibility index (Phi) is 5.72. The van der Waals surface area contributed by atoms with E-state index in [0.29, 0.717) is 18.0 Å². The van der Waals surface area contributed by atoms with Crippen LogP contribution in [0.4, 0.5) is 13.2 Å². The number of ether oxygens (including phenoxy) is 1. The summed E-state index contributed by atoms with van der Waals surface area (Å²) in [6.07, 6.45) is 0.0956. The van der Waals surface area contributed by atoms with Crippen molar-refractivity contribution >= 4 is 34.1 Å². The summed E-state index contributed by atoms with van der Waals surface area (Å²) in [5.41, 5.74) is -2.47. The van der Waals surface area contributed by atoms with Crippen molar-refractivity contribution in [2.75, 3.05) is 6.61 Å². The summed E-state index contributed by atoms with van der Waals surface area (Å²) in [6.45, 7) is 2.20. The molecule has 0 radical (unpaired) electrons. The lowest BCUT2D eigenvalue weighted by molar-refractivity contribution is -0.141. The lowest BCUT2D eigenvalue weighted by Gasteiger charge is -2.09. The van der Waals surface area contributed by atoms with E-state index >= 15 is 0 Å². The molecule has 0 unspecified atom stereocenters. The molecular weight excluding hydrogens is 449 g/mol. The maximum absolute atomic E-state index is 13.4. The highest BCUT2D eigenvalue weighted by Gasteiger charge is 2.41. The SMILES string of the molecule is CCOC(=O)c1c(C(F)(F)F)nc2c(=O)n(CCCn3ccc4cc(Cl)ccc43)ccn12. The van der Waals surface area contributed by atoms with Gasteiger partial charge in [0.25, 0.3) is 5.56 Å². The normalized spacial score (nSPS) is 12.0. The third-order valence-electron chi connectivity index (χ3n) is 5.03. The molecule has 0 bridgehead atoms. The van der Waals surface area contributed by atoms with Crippen molar-refractivity contribution in [1.82, 2.24) is 18.5 Å². The van der Waals surface area contributed by atoms with Crippen LogP contribution in [0.5, 0.6) is 0 Å². The average Bonchev–Trinajstić information content (AvgIpc) is 3.31. The van der Waals surface area contributed by atoms with Crippen LogP contribution in [0, 0.1) is 0 Å². The molecule has 7 nitrogen and oxygen atoms in total. The van der Waals surface area contributed by atoms with E-state index < -0.39 is 34.7 Å². The van der Waals surface area contributed by atoms with Crippen molar-refractivity contribution in [3.8, 4) is 0 Å². The van der Waals surface area contributed by atoms with Gasteiger partial charge < -0.3 is 13.9 Å². The molecule has 0 fully saturated rings. The number of benzene rings is 1. The van der Waals surface area contributed by atoms with Crippen molar-refractivity contribution in [2.24, 2.45) is 0 Å². The number of alkyl halides is 3. The number of fused-ring (bicyclic) bond motifs is 2. The molecule has 0 aliphatic heterocycles. The third kappa shape index (κ3) is 3.97. The van der Waals surface area contributed by atoms with Gasteiger partial charge in [0.2, 0.25) is 5.65 Å². The summed E-state index contributed by atoms with van der Waals surface area (Å²) in [6, 6.07) is 7.47. The lowest BCUT2D eigenvalue weighted by atomic mass is 10.2. The van der Waals surface area contributed by atoms with Crippen molar-refractivity contribution in [1.29, 1.82) is 0 Å². The maximum atomic E-state index is 13.4. The smallest absolute Gasteiger partial charge is 0.435 e. The quantitative estimate of drug-likeness (QED) is 0.395. The lowest BCUT2D eigenvalue weighted by Crippen LogP contribution is -2.23. The molecule has 168 valence electrons. The topological polar surface area (TPSA) is 70.5 Å². The Balaban J connectivity index is 1.62. The molecule has 11 heteroatoms.